The number of carbonyl (C=O) groups is 2. The Kier molecular flexibility index (Phi) is 6.49. The van der Waals surface area contributed by atoms with Gasteiger partial charge in [-0.15, -0.1) is 11.8 Å². The molecule has 3 rings (SSSR count). The summed E-state index contributed by atoms with van der Waals surface area (Å²) in [6.07, 6.45) is 1.78. The summed E-state index contributed by atoms with van der Waals surface area (Å²) >= 11 is 1.46. The highest BCUT2D eigenvalue weighted by Crippen LogP contribution is 2.29. The normalized spacial score (nSPS) is 18.2. The number of hydrogen-bond acceptors (Lipinski definition) is 4. The van der Waals surface area contributed by atoms with E-state index in [4.69, 9.17) is 0 Å². The van der Waals surface area contributed by atoms with Crippen molar-refractivity contribution in [3.05, 3.63) is 65.7 Å². The number of ketones is 1. The zero-order valence-corrected chi connectivity index (χ0v) is 18.4. The van der Waals surface area contributed by atoms with E-state index in [-0.39, 0.29) is 28.8 Å². The van der Waals surface area contributed by atoms with Crippen molar-refractivity contribution in [3.8, 4) is 0 Å². The van der Waals surface area contributed by atoms with Crippen LogP contribution in [0.3, 0.4) is 0 Å². The summed E-state index contributed by atoms with van der Waals surface area (Å²) in [4.78, 5) is 26.1. The molecule has 1 saturated heterocycles. The van der Waals surface area contributed by atoms with Gasteiger partial charge in [0.2, 0.25) is 0 Å². The van der Waals surface area contributed by atoms with Gasteiger partial charge < -0.3 is 10.6 Å². The first-order valence-corrected chi connectivity index (χ1v) is 11.0. The first kappa shape index (κ1) is 21.6. The van der Waals surface area contributed by atoms with Gasteiger partial charge in [-0.25, -0.2) is 0 Å². The Hall–Kier alpha value is -2.11. The molecule has 1 heterocycles. The number of amides is 1. The van der Waals surface area contributed by atoms with Gasteiger partial charge in [-0.1, -0.05) is 36.4 Å². The van der Waals surface area contributed by atoms with Crippen LogP contribution in [-0.4, -0.2) is 34.6 Å². The number of nitrogens with one attached hydrogen (secondary N) is 2. The monoisotopic (exact) mass is 410 g/mol. The fourth-order valence-corrected chi connectivity index (χ4v) is 5.13. The second-order valence-corrected chi connectivity index (χ2v) is 10.1. The van der Waals surface area contributed by atoms with E-state index in [0.29, 0.717) is 16.9 Å². The van der Waals surface area contributed by atoms with Crippen LogP contribution in [0, 0.1) is 0 Å². The van der Waals surface area contributed by atoms with Gasteiger partial charge in [-0.2, -0.15) is 0 Å². The lowest BCUT2D eigenvalue weighted by molar-refractivity contribution is 0.0872. The van der Waals surface area contributed by atoms with Crippen LogP contribution in [0.1, 0.15) is 61.3 Å². The minimum Gasteiger partial charge on any atom is -0.349 e. The Morgan fingerprint density at radius 2 is 1.59 bits per heavy atom. The third kappa shape index (κ3) is 6.18. The van der Waals surface area contributed by atoms with Crippen LogP contribution in [-0.2, 0) is 0 Å². The highest BCUT2D eigenvalue weighted by Gasteiger charge is 2.38. The van der Waals surface area contributed by atoms with Crippen LogP contribution >= 0.6 is 11.8 Å². The van der Waals surface area contributed by atoms with Gasteiger partial charge in [0, 0.05) is 33.1 Å². The Bertz CT molecular complexity index is 861. The Labute approximate surface area is 177 Å². The van der Waals surface area contributed by atoms with E-state index >= 15 is 0 Å². The number of piperidine rings is 1. The largest absolute Gasteiger partial charge is 0.349 e. The first-order chi connectivity index (χ1) is 13.6. The van der Waals surface area contributed by atoms with Crippen LogP contribution < -0.4 is 10.6 Å². The van der Waals surface area contributed by atoms with E-state index < -0.39 is 0 Å². The minimum absolute atomic E-state index is 0.0187. The Morgan fingerprint density at radius 1 is 0.966 bits per heavy atom. The molecule has 4 nitrogen and oxygen atoms in total. The lowest BCUT2D eigenvalue weighted by Gasteiger charge is -2.46. The standard InChI is InChI=1S/C24H30N2O2S/c1-23(2)14-19(15-24(3,4)26-23)25-22(28)18-11-8-12-20(13-18)29-16-21(27)17-9-6-5-7-10-17/h5-13,19,26H,14-16H2,1-4H3,(H,25,28). The van der Waals surface area contributed by atoms with Crippen LogP contribution in [0.2, 0.25) is 0 Å². The molecule has 0 saturated carbocycles. The van der Waals surface area contributed by atoms with Crippen molar-refractivity contribution >= 4 is 23.5 Å². The molecular formula is C24H30N2O2S. The Balaban J connectivity index is 1.61. The van der Waals surface area contributed by atoms with Crippen LogP contribution in [0.5, 0.6) is 0 Å². The number of carbonyl (C=O) groups excluding carboxylic acids is 2. The molecule has 5 heteroatoms. The molecule has 2 aromatic rings. The highest BCUT2D eigenvalue weighted by molar-refractivity contribution is 8.00. The molecule has 0 bridgehead atoms. The maximum absolute atomic E-state index is 12.8. The van der Waals surface area contributed by atoms with E-state index in [2.05, 4.69) is 38.3 Å². The molecule has 0 atom stereocenters. The van der Waals surface area contributed by atoms with Crippen LogP contribution in [0.25, 0.3) is 0 Å². The van der Waals surface area contributed by atoms with E-state index in [9.17, 15) is 9.59 Å². The van der Waals surface area contributed by atoms with Crippen molar-refractivity contribution in [2.24, 2.45) is 0 Å². The molecule has 1 aliphatic rings. The first-order valence-electron chi connectivity index (χ1n) is 10.0. The maximum atomic E-state index is 12.8. The molecular weight excluding hydrogens is 380 g/mol. The summed E-state index contributed by atoms with van der Waals surface area (Å²) in [5.41, 5.74) is 1.31. The molecule has 154 valence electrons. The van der Waals surface area contributed by atoms with Gasteiger partial charge >= 0.3 is 0 Å². The van der Waals surface area contributed by atoms with E-state index in [1.807, 2.05) is 54.6 Å². The average Bonchev–Trinajstić information content (AvgIpc) is 2.64. The summed E-state index contributed by atoms with van der Waals surface area (Å²) < 4.78 is 0. The quantitative estimate of drug-likeness (QED) is 0.535. The topological polar surface area (TPSA) is 58.2 Å². The number of rotatable bonds is 6. The summed E-state index contributed by atoms with van der Waals surface area (Å²) in [5.74, 6) is 0.385. The molecule has 0 aromatic heterocycles. The molecule has 1 fully saturated rings. The molecule has 2 aromatic carbocycles. The number of thioether (sulfide) groups is 1. The molecule has 1 amide bonds. The molecule has 1 aliphatic heterocycles. The van der Waals surface area contributed by atoms with Crippen molar-refractivity contribution in [2.75, 3.05) is 5.75 Å². The second-order valence-electron chi connectivity index (χ2n) is 9.08. The summed E-state index contributed by atoms with van der Waals surface area (Å²) in [6, 6.07) is 16.9. The van der Waals surface area contributed by atoms with Gasteiger partial charge in [0.1, 0.15) is 0 Å². The Morgan fingerprint density at radius 3 is 2.24 bits per heavy atom. The molecule has 0 unspecified atom stereocenters. The van der Waals surface area contributed by atoms with Crippen molar-refractivity contribution in [3.63, 3.8) is 0 Å². The number of hydrogen-bond donors (Lipinski definition) is 2. The lowest BCUT2D eigenvalue weighted by Crippen LogP contribution is -2.62. The second kappa shape index (κ2) is 8.72. The van der Waals surface area contributed by atoms with Crippen molar-refractivity contribution in [1.82, 2.24) is 10.6 Å². The zero-order valence-electron chi connectivity index (χ0n) is 17.6. The third-order valence-corrected chi connectivity index (χ3v) is 6.08. The third-order valence-electron chi connectivity index (χ3n) is 5.09. The van der Waals surface area contributed by atoms with E-state index in [1.165, 1.54) is 11.8 Å². The lowest BCUT2D eigenvalue weighted by atomic mass is 9.79. The smallest absolute Gasteiger partial charge is 0.251 e. The van der Waals surface area contributed by atoms with E-state index in [1.54, 1.807) is 0 Å². The van der Waals surface area contributed by atoms with Gasteiger partial charge in [0.15, 0.2) is 5.78 Å². The number of Topliss-reactive ketones (excluding diaryl/α,β-unsaturated/α-hetero) is 1. The van der Waals surface area contributed by atoms with Crippen molar-refractivity contribution in [2.45, 2.75) is 62.6 Å². The van der Waals surface area contributed by atoms with E-state index in [0.717, 1.165) is 17.7 Å². The number of benzene rings is 2. The molecule has 0 spiro atoms. The summed E-state index contributed by atoms with van der Waals surface area (Å²) in [7, 11) is 0. The fraction of sp³-hybridized carbons (Fsp3) is 0.417. The SMILES string of the molecule is CC1(C)CC(NC(=O)c2cccc(SCC(=O)c3ccccc3)c2)CC(C)(C)N1. The highest BCUT2D eigenvalue weighted by atomic mass is 32.2. The van der Waals surface area contributed by atoms with Crippen molar-refractivity contribution < 1.29 is 9.59 Å². The molecule has 0 aliphatic carbocycles. The van der Waals surface area contributed by atoms with Gasteiger partial charge in [0.25, 0.3) is 5.91 Å². The maximum Gasteiger partial charge on any atom is 0.251 e. The average molecular weight is 411 g/mol. The van der Waals surface area contributed by atoms with Crippen LogP contribution in [0.15, 0.2) is 59.5 Å². The van der Waals surface area contributed by atoms with Crippen LogP contribution in [0.4, 0.5) is 0 Å². The zero-order chi connectivity index (χ0) is 21.1. The summed E-state index contributed by atoms with van der Waals surface area (Å²) in [6.45, 7) is 8.70. The fourth-order valence-electron chi connectivity index (χ4n) is 4.28. The van der Waals surface area contributed by atoms with Gasteiger partial charge in [-0.3, -0.25) is 9.59 Å². The molecule has 2 N–H and O–H groups in total. The molecule has 29 heavy (non-hydrogen) atoms. The van der Waals surface area contributed by atoms with Gasteiger partial charge in [0.05, 0.1) is 5.75 Å². The van der Waals surface area contributed by atoms with Gasteiger partial charge in [-0.05, 0) is 58.7 Å². The molecule has 0 radical (unpaired) electrons. The van der Waals surface area contributed by atoms with Crippen molar-refractivity contribution in [1.29, 1.82) is 0 Å². The predicted octanol–water partition coefficient (Wildman–Crippen LogP) is 4.70. The predicted molar refractivity (Wildman–Crippen MR) is 120 cm³/mol. The summed E-state index contributed by atoms with van der Waals surface area (Å²) in [5, 5.41) is 6.85. The minimum atomic E-state index is -0.0552.